The predicted octanol–water partition coefficient (Wildman–Crippen LogP) is 2.76. The van der Waals surface area contributed by atoms with Crippen LogP contribution in [-0.2, 0) is 11.3 Å². The lowest BCUT2D eigenvalue weighted by atomic mass is 9.82. The average molecular weight is 422 g/mol. The Kier molecular flexibility index (Phi) is 11.7. The molecule has 0 unspecified atom stereocenters. The zero-order valence-corrected chi connectivity index (χ0v) is 18.1. The fourth-order valence-corrected chi connectivity index (χ4v) is 3.05. The summed E-state index contributed by atoms with van der Waals surface area (Å²) in [7, 11) is 5.62. The summed E-state index contributed by atoms with van der Waals surface area (Å²) in [5.41, 5.74) is 6.52. The van der Waals surface area contributed by atoms with Gasteiger partial charge in [0.05, 0.1) is 12.6 Å². The molecule has 27 heavy (non-hydrogen) atoms. The molecule has 1 saturated carbocycles. The molecule has 0 heterocycles. The topological polar surface area (TPSA) is 76.8 Å². The van der Waals surface area contributed by atoms with E-state index >= 15 is 0 Å². The van der Waals surface area contributed by atoms with Crippen molar-refractivity contribution in [1.82, 2.24) is 10.2 Å². The molecule has 0 saturated heterocycles. The molecule has 0 bridgehead atoms. The average Bonchev–Trinajstić information content (AvgIpc) is 2.60. The molecule has 1 amide bonds. The quantitative estimate of drug-likeness (QED) is 0.674. The van der Waals surface area contributed by atoms with Gasteiger partial charge in [-0.05, 0) is 44.6 Å². The van der Waals surface area contributed by atoms with Gasteiger partial charge in [0.2, 0.25) is 5.91 Å². The van der Waals surface area contributed by atoms with Crippen LogP contribution in [0.5, 0.6) is 11.5 Å². The third-order valence-electron chi connectivity index (χ3n) is 4.68. The Morgan fingerprint density at radius 3 is 2.44 bits per heavy atom. The number of nitrogens with one attached hydrogen (secondary N) is 1. The van der Waals surface area contributed by atoms with Crippen LogP contribution >= 0.6 is 24.8 Å². The van der Waals surface area contributed by atoms with E-state index in [1.165, 1.54) is 6.42 Å². The zero-order valence-electron chi connectivity index (χ0n) is 16.5. The lowest BCUT2D eigenvalue weighted by Gasteiger charge is -2.31. The first kappa shape index (κ1) is 25.8. The van der Waals surface area contributed by atoms with E-state index < -0.39 is 5.54 Å². The van der Waals surface area contributed by atoms with E-state index in [-0.39, 0.29) is 30.7 Å². The number of carbonyl (C=O) groups is 1. The minimum absolute atomic E-state index is 0. The highest BCUT2D eigenvalue weighted by Crippen LogP contribution is 2.29. The van der Waals surface area contributed by atoms with Crippen LogP contribution in [0.4, 0.5) is 0 Å². The molecule has 0 spiro atoms. The molecular formula is C19H33Cl2N3O3. The highest BCUT2D eigenvalue weighted by atomic mass is 35.5. The predicted molar refractivity (Wildman–Crippen MR) is 113 cm³/mol. The lowest BCUT2D eigenvalue weighted by molar-refractivity contribution is -0.127. The van der Waals surface area contributed by atoms with Gasteiger partial charge in [-0.15, -0.1) is 24.8 Å². The van der Waals surface area contributed by atoms with Gasteiger partial charge >= 0.3 is 0 Å². The largest absolute Gasteiger partial charge is 0.493 e. The van der Waals surface area contributed by atoms with Crippen LogP contribution in [0.15, 0.2) is 18.2 Å². The first-order valence-electron chi connectivity index (χ1n) is 8.96. The minimum Gasteiger partial charge on any atom is -0.493 e. The Labute approximate surface area is 175 Å². The van der Waals surface area contributed by atoms with Crippen LogP contribution in [-0.4, -0.2) is 50.7 Å². The van der Waals surface area contributed by atoms with Crippen LogP contribution in [0.25, 0.3) is 0 Å². The molecule has 6 nitrogen and oxygen atoms in total. The number of likely N-dealkylation sites (N-methyl/N-ethyl adjacent to an activating group) is 1. The van der Waals surface area contributed by atoms with Gasteiger partial charge in [-0.2, -0.15) is 0 Å². The highest BCUT2D eigenvalue weighted by molar-refractivity contribution is 5.86. The third-order valence-corrected chi connectivity index (χ3v) is 4.68. The van der Waals surface area contributed by atoms with Crippen molar-refractivity contribution >= 4 is 30.7 Å². The van der Waals surface area contributed by atoms with Gasteiger partial charge < -0.3 is 25.4 Å². The summed E-state index contributed by atoms with van der Waals surface area (Å²) in [6.45, 7) is 1.86. The Morgan fingerprint density at radius 1 is 1.19 bits per heavy atom. The standard InChI is InChI=1S/C19H31N3O3.2ClH/c1-22(2)11-12-25-16-8-7-15(13-17(16)24-3)14-21-18(23)19(20)9-5-4-6-10-19;;/h7-8,13H,4-6,9-12,14,20H2,1-3H3,(H,21,23);2*1H. The van der Waals surface area contributed by atoms with Crippen molar-refractivity contribution in [3.05, 3.63) is 23.8 Å². The number of nitrogens with zero attached hydrogens (tertiary/aromatic N) is 1. The second-order valence-corrected chi connectivity index (χ2v) is 7.04. The number of methoxy groups -OCH3 is 1. The maximum absolute atomic E-state index is 12.4. The molecule has 0 atom stereocenters. The summed E-state index contributed by atoms with van der Waals surface area (Å²) >= 11 is 0. The van der Waals surface area contributed by atoms with Gasteiger partial charge in [0.1, 0.15) is 6.61 Å². The number of nitrogens with two attached hydrogens (primary N) is 1. The number of carbonyl (C=O) groups excluding carboxylic acids is 1. The van der Waals surface area contributed by atoms with Crippen molar-refractivity contribution in [2.45, 2.75) is 44.2 Å². The fraction of sp³-hybridized carbons (Fsp3) is 0.632. The molecule has 0 aromatic heterocycles. The van der Waals surface area contributed by atoms with Crippen molar-refractivity contribution in [2.24, 2.45) is 5.73 Å². The van der Waals surface area contributed by atoms with Gasteiger partial charge in [-0.1, -0.05) is 25.3 Å². The summed E-state index contributed by atoms with van der Waals surface area (Å²) in [5.74, 6) is 1.32. The number of ether oxygens (including phenoxy) is 2. The maximum atomic E-state index is 12.4. The van der Waals surface area contributed by atoms with E-state index in [0.29, 0.717) is 24.7 Å². The SMILES string of the molecule is COc1cc(CNC(=O)C2(N)CCCCC2)ccc1OCCN(C)C.Cl.Cl. The number of amides is 1. The normalized spacial score (nSPS) is 15.3. The second-order valence-electron chi connectivity index (χ2n) is 7.04. The lowest BCUT2D eigenvalue weighted by Crippen LogP contribution is -2.54. The third kappa shape index (κ3) is 7.74. The molecule has 0 aliphatic heterocycles. The summed E-state index contributed by atoms with van der Waals surface area (Å²) in [4.78, 5) is 14.5. The van der Waals surface area contributed by atoms with Gasteiger partial charge in [0.25, 0.3) is 0 Å². The monoisotopic (exact) mass is 421 g/mol. The van der Waals surface area contributed by atoms with E-state index in [0.717, 1.165) is 37.8 Å². The molecule has 1 aromatic carbocycles. The Bertz CT molecular complexity index is 579. The van der Waals surface area contributed by atoms with Crippen LogP contribution in [0.3, 0.4) is 0 Å². The summed E-state index contributed by atoms with van der Waals surface area (Å²) in [6, 6.07) is 5.72. The van der Waals surface area contributed by atoms with Gasteiger partial charge in [0, 0.05) is 13.1 Å². The van der Waals surface area contributed by atoms with E-state index in [1.807, 2.05) is 32.3 Å². The molecule has 1 aliphatic rings. The molecule has 3 N–H and O–H groups in total. The van der Waals surface area contributed by atoms with Gasteiger partial charge in [0.15, 0.2) is 11.5 Å². The number of hydrogen-bond acceptors (Lipinski definition) is 5. The number of hydrogen-bond donors (Lipinski definition) is 2. The highest BCUT2D eigenvalue weighted by Gasteiger charge is 2.34. The number of halogens is 2. The first-order valence-corrected chi connectivity index (χ1v) is 8.96. The van der Waals surface area contributed by atoms with Crippen LogP contribution in [0.2, 0.25) is 0 Å². The molecule has 156 valence electrons. The molecule has 1 aromatic rings. The van der Waals surface area contributed by atoms with Crippen LogP contribution in [0.1, 0.15) is 37.7 Å². The van der Waals surface area contributed by atoms with E-state index in [4.69, 9.17) is 15.2 Å². The molecule has 2 rings (SSSR count). The Hall–Kier alpha value is -1.21. The molecular weight excluding hydrogens is 389 g/mol. The van der Waals surface area contributed by atoms with E-state index in [9.17, 15) is 4.79 Å². The minimum atomic E-state index is -0.711. The number of rotatable bonds is 8. The molecule has 1 fully saturated rings. The Morgan fingerprint density at radius 2 is 1.85 bits per heavy atom. The zero-order chi connectivity index (χ0) is 18.3. The fourth-order valence-electron chi connectivity index (χ4n) is 3.05. The van der Waals surface area contributed by atoms with Crippen molar-refractivity contribution in [3.63, 3.8) is 0 Å². The van der Waals surface area contributed by atoms with Crippen molar-refractivity contribution < 1.29 is 14.3 Å². The number of benzene rings is 1. The second kappa shape index (κ2) is 12.3. The van der Waals surface area contributed by atoms with E-state index in [2.05, 4.69) is 10.2 Å². The molecule has 8 heteroatoms. The maximum Gasteiger partial charge on any atom is 0.240 e. The van der Waals surface area contributed by atoms with Gasteiger partial charge in [-0.25, -0.2) is 0 Å². The van der Waals surface area contributed by atoms with Crippen molar-refractivity contribution in [3.8, 4) is 11.5 Å². The van der Waals surface area contributed by atoms with E-state index in [1.54, 1.807) is 7.11 Å². The Balaban J connectivity index is 0.00000338. The summed E-state index contributed by atoms with van der Waals surface area (Å²) in [6.07, 6.45) is 4.74. The molecule has 0 radical (unpaired) electrons. The first-order chi connectivity index (χ1) is 11.9. The summed E-state index contributed by atoms with van der Waals surface area (Å²) in [5, 5.41) is 2.97. The van der Waals surface area contributed by atoms with Gasteiger partial charge in [-0.3, -0.25) is 4.79 Å². The van der Waals surface area contributed by atoms with Crippen molar-refractivity contribution in [2.75, 3.05) is 34.4 Å². The van der Waals surface area contributed by atoms with Crippen LogP contribution < -0.4 is 20.5 Å². The van der Waals surface area contributed by atoms with Crippen molar-refractivity contribution in [1.29, 1.82) is 0 Å². The smallest absolute Gasteiger partial charge is 0.240 e. The molecule has 1 aliphatic carbocycles. The summed E-state index contributed by atoms with van der Waals surface area (Å²) < 4.78 is 11.2. The van der Waals surface area contributed by atoms with Crippen LogP contribution in [0, 0.1) is 0 Å².